The van der Waals surface area contributed by atoms with Gasteiger partial charge < -0.3 is 24.1 Å². The standard InChI is InChI=1S/C32H33NO7/c1-6-37-22-13-14-23(25(17-22)38-7-2)29(34)27-28(19-8-10-20(11-9-19)32(3,4)5)33(31(36)30(27)35)21-12-15-24-26(16-21)40-18-39-24/h8-17,28,34H,6-7,18H2,1-5H3/b29-27+. The summed E-state index contributed by atoms with van der Waals surface area (Å²) in [5, 5.41) is 11.7. The number of nitrogens with zero attached hydrogens (tertiary/aromatic N) is 1. The molecule has 1 N–H and O–H groups in total. The van der Waals surface area contributed by atoms with Gasteiger partial charge in [0, 0.05) is 17.8 Å². The van der Waals surface area contributed by atoms with Crippen molar-refractivity contribution in [1.82, 2.24) is 0 Å². The summed E-state index contributed by atoms with van der Waals surface area (Å²) in [4.78, 5) is 28.7. The fraction of sp³-hybridized carbons (Fsp3) is 0.312. The lowest BCUT2D eigenvalue weighted by Crippen LogP contribution is -2.29. The number of ketones is 1. The van der Waals surface area contributed by atoms with E-state index in [0.717, 1.165) is 5.56 Å². The number of carbonyl (C=O) groups is 2. The molecule has 0 spiro atoms. The van der Waals surface area contributed by atoms with E-state index in [1.54, 1.807) is 36.4 Å². The molecule has 2 heterocycles. The van der Waals surface area contributed by atoms with Gasteiger partial charge in [0.2, 0.25) is 6.79 Å². The fourth-order valence-corrected chi connectivity index (χ4v) is 4.99. The van der Waals surface area contributed by atoms with E-state index in [9.17, 15) is 14.7 Å². The highest BCUT2D eigenvalue weighted by molar-refractivity contribution is 6.51. The zero-order chi connectivity index (χ0) is 28.6. The van der Waals surface area contributed by atoms with Gasteiger partial charge in [-0.15, -0.1) is 0 Å². The highest BCUT2D eigenvalue weighted by Crippen LogP contribution is 2.46. The van der Waals surface area contributed by atoms with E-state index < -0.39 is 17.7 Å². The van der Waals surface area contributed by atoms with Crippen LogP contribution < -0.4 is 23.8 Å². The Morgan fingerprint density at radius 1 is 0.925 bits per heavy atom. The maximum atomic E-state index is 13.7. The highest BCUT2D eigenvalue weighted by atomic mass is 16.7. The first-order valence-electron chi connectivity index (χ1n) is 13.3. The summed E-state index contributed by atoms with van der Waals surface area (Å²) in [6, 6.07) is 17.0. The molecule has 40 heavy (non-hydrogen) atoms. The normalized spacial score (nSPS) is 17.8. The summed E-state index contributed by atoms with van der Waals surface area (Å²) in [7, 11) is 0. The Morgan fingerprint density at radius 2 is 1.62 bits per heavy atom. The molecule has 0 bridgehead atoms. The lowest BCUT2D eigenvalue weighted by atomic mass is 9.85. The minimum absolute atomic E-state index is 0.0312. The molecule has 0 radical (unpaired) electrons. The van der Waals surface area contributed by atoms with Crippen molar-refractivity contribution in [2.75, 3.05) is 24.9 Å². The van der Waals surface area contributed by atoms with Crippen LogP contribution in [0.4, 0.5) is 5.69 Å². The Hall–Kier alpha value is -4.46. The smallest absolute Gasteiger partial charge is 0.300 e. The predicted octanol–water partition coefficient (Wildman–Crippen LogP) is 6.14. The zero-order valence-corrected chi connectivity index (χ0v) is 23.3. The molecule has 1 saturated heterocycles. The third kappa shape index (κ3) is 4.85. The van der Waals surface area contributed by atoms with Gasteiger partial charge in [0.25, 0.3) is 11.7 Å². The first-order valence-corrected chi connectivity index (χ1v) is 13.3. The van der Waals surface area contributed by atoms with E-state index in [4.69, 9.17) is 18.9 Å². The third-order valence-corrected chi connectivity index (χ3v) is 6.99. The molecule has 1 amide bonds. The van der Waals surface area contributed by atoms with Crippen molar-refractivity contribution in [2.24, 2.45) is 0 Å². The molecule has 2 aliphatic rings. The highest BCUT2D eigenvalue weighted by Gasteiger charge is 2.47. The van der Waals surface area contributed by atoms with Gasteiger partial charge in [-0.25, -0.2) is 0 Å². The summed E-state index contributed by atoms with van der Waals surface area (Å²) in [5.41, 5.74) is 2.40. The van der Waals surface area contributed by atoms with E-state index in [1.807, 2.05) is 38.1 Å². The number of rotatable bonds is 7. The van der Waals surface area contributed by atoms with Crippen molar-refractivity contribution >= 4 is 23.1 Å². The minimum Gasteiger partial charge on any atom is -0.507 e. The molecule has 1 atom stereocenters. The summed E-state index contributed by atoms with van der Waals surface area (Å²) >= 11 is 0. The Labute approximate surface area is 233 Å². The van der Waals surface area contributed by atoms with Gasteiger partial charge in [-0.1, -0.05) is 45.0 Å². The summed E-state index contributed by atoms with van der Waals surface area (Å²) in [6.07, 6.45) is 0. The monoisotopic (exact) mass is 543 g/mol. The predicted molar refractivity (Wildman–Crippen MR) is 151 cm³/mol. The van der Waals surface area contributed by atoms with Crippen LogP contribution in [0, 0.1) is 0 Å². The molecule has 5 rings (SSSR count). The fourth-order valence-electron chi connectivity index (χ4n) is 4.99. The van der Waals surface area contributed by atoms with Gasteiger partial charge in [-0.05, 0) is 54.7 Å². The van der Waals surface area contributed by atoms with Gasteiger partial charge in [0.15, 0.2) is 11.5 Å². The van der Waals surface area contributed by atoms with E-state index in [-0.39, 0.29) is 23.5 Å². The van der Waals surface area contributed by atoms with Crippen LogP contribution in [0.2, 0.25) is 0 Å². The van der Waals surface area contributed by atoms with E-state index in [0.29, 0.717) is 53.0 Å². The lowest BCUT2D eigenvalue weighted by Gasteiger charge is -2.27. The molecule has 0 aromatic heterocycles. The van der Waals surface area contributed by atoms with Crippen molar-refractivity contribution in [3.05, 3.63) is 82.9 Å². The number of amides is 1. The van der Waals surface area contributed by atoms with Crippen molar-refractivity contribution in [2.45, 2.75) is 46.1 Å². The molecule has 0 saturated carbocycles. The quantitative estimate of drug-likeness (QED) is 0.217. The minimum atomic E-state index is -0.893. The molecule has 0 aliphatic carbocycles. The Morgan fingerprint density at radius 3 is 2.30 bits per heavy atom. The number of hydrogen-bond donors (Lipinski definition) is 1. The van der Waals surface area contributed by atoms with E-state index >= 15 is 0 Å². The number of hydrogen-bond acceptors (Lipinski definition) is 7. The topological polar surface area (TPSA) is 94.5 Å². The van der Waals surface area contributed by atoms with Crippen LogP contribution in [0.1, 0.15) is 57.4 Å². The van der Waals surface area contributed by atoms with E-state index in [1.165, 1.54) is 4.90 Å². The average Bonchev–Trinajstić information content (AvgIpc) is 3.50. The molecular formula is C32H33NO7. The molecule has 8 nitrogen and oxygen atoms in total. The van der Waals surface area contributed by atoms with Crippen molar-refractivity contribution in [3.8, 4) is 23.0 Å². The van der Waals surface area contributed by atoms with Gasteiger partial charge in [-0.2, -0.15) is 0 Å². The second kappa shape index (κ2) is 10.6. The van der Waals surface area contributed by atoms with Crippen LogP contribution in [0.3, 0.4) is 0 Å². The lowest BCUT2D eigenvalue weighted by molar-refractivity contribution is -0.132. The van der Waals surface area contributed by atoms with Crippen LogP contribution in [0.15, 0.2) is 66.2 Å². The second-order valence-corrected chi connectivity index (χ2v) is 10.6. The largest absolute Gasteiger partial charge is 0.507 e. The first-order chi connectivity index (χ1) is 19.1. The molecular weight excluding hydrogens is 510 g/mol. The number of anilines is 1. The number of benzene rings is 3. The summed E-state index contributed by atoms with van der Waals surface area (Å²) in [5.74, 6) is 0.0804. The van der Waals surface area contributed by atoms with Gasteiger partial charge in [0.05, 0.1) is 30.4 Å². The molecule has 1 fully saturated rings. The molecule has 2 aliphatic heterocycles. The van der Waals surface area contributed by atoms with Crippen molar-refractivity contribution in [3.63, 3.8) is 0 Å². The molecule has 3 aromatic rings. The number of aliphatic hydroxyl groups excluding tert-OH is 1. The van der Waals surface area contributed by atoms with Gasteiger partial charge in [-0.3, -0.25) is 14.5 Å². The van der Waals surface area contributed by atoms with Crippen LogP contribution in [0.5, 0.6) is 23.0 Å². The SMILES string of the molecule is CCOc1ccc(/C(O)=C2\C(=O)C(=O)N(c3ccc4c(c3)OCO4)C2c2ccc(C(C)(C)C)cc2)c(OCC)c1. The van der Waals surface area contributed by atoms with Gasteiger partial charge >= 0.3 is 0 Å². The number of carbonyl (C=O) groups excluding carboxylic acids is 2. The van der Waals surface area contributed by atoms with Crippen molar-refractivity contribution in [1.29, 1.82) is 0 Å². The maximum Gasteiger partial charge on any atom is 0.300 e. The number of aliphatic hydroxyl groups is 1. The van der Waals surface area contributed by atoms with Gasteiger partial charge in [0.1, 0.15) is 17.3 Å². The zero-order valence-electron chi connectivity index (χ0n) is 23.3. The molecule has 1 unspecified atom stereocenters. The third-order valence-electron chi connectivity index (χ3n) is 6.99. The Balaban J connectivity index is 1.70. The number of Topliss-reactive ketones (excluding diaryl/α,β-unsaturated/α-hetero) is 1. The Kier molecular flexibility index (Phi) is 7.19. The second-order valence-electron chi connectivity index (χ2n) is 10.6. The molecule has 3 aromatic carbocycles. The van der Waals surface area contributed by atoms with Crippen LogP contribution in [-0.4, -0.2) is 36.8 Å². The molecule has 8 heteroatoms. The van der Waals surface area contributed by atoms with Crippen molar-refractivity contribution < 1.29 is 33.6 Å². The summed E-state index contributed by atoms with van der Waals surface area (Å²) < 4.78 is 22.4. The molecule has 208 valence electrons. The maximum absolute atomic E-state index is 13.7. The Bertz CT molecular complexity index is 1480. The number of ether oxygens (including phenoxy) is 4. The first kappa shape index (κ1) is 27.1. The number of fused-ring (bicyclic) bond motifs is 1. The summed E-state index contributed by atoms with van der Waals surface area (Å²) in [6.45, 7) is 10.9. The van der Waals surface area contributed by atoms with Crippen LogP contribution in [-0.2, 0) is 15.0 Å². The average molecular weight is 544 g/mol. The van der Waals surface area contributed by atoms with E-state index in [2.05, 4.69) is 20.8 Å². The van der Waals surface area contributed by atoms with Crippen LogP contribution >= 0.6 is 0 Å². The van der Waals surface area contributed by atoms with Crippen LogP contribution in [0.25, 0.3) is 5.76 Å².